The zero-order chi connectivity index (χ0) is 13.9. The van der Waals surface area contributed by atoms with Crippen LogP contribution in [0.2, 0.25) is 5.02 Å². The van der Waals surface area contributed by atoms with E-state index in [1.165, 1.54) is 19.3 Å². The molecule has 108 valence electrons. The lowest BCUT2D eigenvalue weighted by molar-refractivity contribution is -0.127. The fraction of sp³-hybridized carbons (Fsp3) is 0.562. The third-order valence-electron chi connectivity index (χ3n) is 4.25. The molecule has 1 aliphatic heterocycles. The van der Waals surface area contributed by atoms with E-state index in [2.05, 4.69) is 5.32 Å². The molecule has 0 spiro atoms. The minimum absolute atomic E-state index is 0.0945. The van der Waals surface area contributed by atoms with E-state index in [4.69, 9.17) is 16.3 Å². The van der Waals surface area contributed by atoms with Crippen LogP contribution in [-0.4, -0.2) is 18.6 Å². The molecule has 0 radical (unpaired) electrons. The van der Waals surface area contributed by atoms with Gasteiger partial charge in [0.15, 0.2) is 0 Å². The number of carbonyl (C=O) groups is 1. The maximum atomic E-state index is 12.3. The van der Waals surface area contributed by atoms with Crippen LogP contribution >= 0.6 is 11.6 Å². The van der Waals surface area contributed by atoms with Gasteiger partial charge in [-0.2, -0.15) is 0 Å². The predicted molar refractivity (Wildman–Crippen MR) is 79.2 cm³/mol. The van der Waals surface area contributed by atoms with Crippen LogP contribution < -0.4 is 10.1 Å². The summed E-state index contributed by atoms with van der Waals surface area (Å²) in [5, 5.41) is 3.88. The molecule has 0 aromatic heterocycles. The minimum Gasteiger partial charge on any atom is -0.492 e. The number of nitrogens with one attached hydrogen (secondary N) is 1. The molecular weight excluding hydrogens is 274 g/mol. The second-order valence-electron chi connectivity index (χ2n) is 5.81. The molecule has 1 fully saturated rings. The molecule has 2 aliphatic rings. The number of carbonyl (C=O) groups excluding carboxylic acids is 1. The first kappa shape index (κ1) is 13.7. The van der Waals surface area contributed by atoms with Gasteiger partial charge in [-0.25, -0.2) is 0 Å². The van der Waals surface area contributed by atoms with Crippen LogP contribution in [0.4, 0.5) is 0 Å². The molecule has 0 saturated heterocycles. The highest BCUT2D eigenvalue weighted by molar-refractivity contribution is 6.30. The van der Waals surface area contributed by atoms with Crippen molar-refractivity contribution < 1.29 is 9.53 Å². The monoisotopic (exact) mass is 293 g/mol. The van der Waals surface area contributed by atoms with Gasteiger partial charge in [-0.05, 0) is 43.0 Å². The van der Waals surface area contributed by atoms with Gasteiger partial charge in [-0.1, -0.05) is 30.9 Å². The van der Waals surface area contributed by atoms with E-state index in [9.17, 15) is 4.79 Å². The van der Waals surface area contributed by atoms with Gasteiger partial charge in [0, 0.05) is 11.1 Å². The zero-order valence-electron chi connectivity index (χ0n) is 11.5. The van der Waals surface area contributed by atoms with Crippen molar-refractivity contribution in [2.45, 2.75) is 44.6 Å². The number of fused-ring (bicyclic) bond motifs is 1. The van der Waals surface area contributed by atoms with Crippen molar-refractivity contribution >= 4 is 17.5 Å². The molecule has 1 heterocycles. The predicted octanol–water partition coefficient (Wildman–Crippen LogP) is 3.34. The Morgan fingerprint density at radius 2 is 2.05 bits per heavy atom. The number of hydrogen-bond donors (Lipinski definition) is 1. The normalized spacial score (nSPS) is 22.8. The van der Waals surface area contributed by atoms with E-state index < -0.39 is 0 Å². The molecule has 1 saturated carbocycles. The van der Waals surface area contributed by atoms with Crippen molar-refractivity contribution in [3.63, 3.8) is 0 Å². The summed E-state index contributed by atoms with van der Waals surface area (Å²) in [5.74, 6) is 0.890. The van der Waals surface area contributed by atoms with Crippen LogP contribution in [0.15, 0.2) is 18.2 Å². The SMILES string of the molecule is O=C(NC1CCCCC1)C1COc2ccc(Cl)cc2C1. The Kier molecular flexibility index (Phi) is 4.16. The fourth-order valence-corrected chi connectivity index (χ4v) is 3.29. The van der Waals surface area contributed by atoms with Crippen LogP contribution in [-0.2, 0) is 11.2 Å². The summed E-state index contributed by atoms with van der Waals surface area (Å²) in [6.07, 6.45) is 6.69. The molecule has 1 atom stereocenters. The van der Waals surface area contributed by atoms with Crippen LogP contribution in [0.3, 0.4) is 0 Å². The number of benzene rings is 1. The number of halogens is 1. The number of rotatable bonds is 2. The lowest BCUT2D eigenvalue weighted by Gasteiger charge is -2.28. The van der Waals surface area contributed by atoms with Crippen LogP contribution in [0.5, 0.6) is 5.75 Å². The van der Waals surface area contributed by atoms with Crippen molar-refractivity contribution in [3.8, 4) is 5.75 Å². The smallest absolute Gasteiger partial charge is 0.227 e. The van der Waals surface area contributed by atoms with Gasteiger partial charge in [0.05, 0.1) is 5.92 Å². The first-order chi connectivity index (χ1) is 9.72. The topological polar surface area (TPSA) is 38.3 Å². The van der Waals surface area contributed by atoms with Crippen molar-refractivity contribution in [1.82, 2.24) is 5.32 Å². The molecule has 1 N–H and O–H groups in total. The van der Waals surface area contributed by atoms with E-state index in [-0.39, 0.29) is 11.8 Å². The molecule has 20 heavy (non-hydrogen) atoms. The van der Waals surface area contributed by atoms with Crippen molar-refractivity contribution in [3.05, 3.63) is 28.8 Å². The second kappa shape index (κ2) is 6.04. The van der Waals surface area contributed by atoms with Gasteiger partial charge in [0.1, 0.15) is 12.4 Å². The Morgan fingerprint density at radius 1 is 1.25 bits per heavy atom. The van der Waals surface area contributed by atoms with E-state index in [1.807, 2.05) is 18.2 Å². The quantitative estimate of drug-likeness (QED) is 0.908. The lowest BCUT2D eigenvalue weighted by atomic mass is 9.93. The van der Waals surface area contributed by atoms with Gasteiger partial charge < -0.3 is 10.1 Å². The maximum Gasteiger partial charge on any atom is 0.227 e. The van der Waals surface area contributed by atoms with Gasteiger partial charge >= 0.3 is 0 Å². The second-order valence-corrected chi connectivity index (χ2v) is 6.24. The van der Waals surface area contributed by atoms with Gasteiger partial charge in [-0.15, -0.1) is 0 Å². The summed E-state index contributed by atoms with van der Waals surface area (Å²) < 4.78 is 5.68. The Balaban J connectivity index is 1.62. The van der Waals surface area contributed by atoms with E-state index in [0.29, 0.717) is 24.1 Å². The largest absolute Gasteiger partial charge is 0.492 e. The fourth-order valence-electron chi connectivity index (χ4n) is 3.10. The molecule has 1 unspecified atom stereocenters. The van der Waals surface area contributed by atoms with Crippen molar-refractivity contribution in [1.29, 1.82) is 0 Å². The first-order valence-corrected chi connectivity index (χ1v) is 7.82. The molecule has 1 aliphatic carbocycles. The summed E-state index contributed by atoms with van der Waals surface area (Å²) in [5.41, 5.74) is 1.03. The van der Waals surface area contributed by atoms with Crippen molar-refractivity contribution in [2.75, 3.05) is 6.61 Å². The van der Waals surface area contributed by atoms with Crippen LogP contribution in [0, 0.1) is 5.92 Å². The Hall–Kier alpha value is -1.22. The highest BCUT2D eigenvalue weighted by Crippen LogP contribution is 2.30. The zero-order valence-corrected chi connectivity index (χ0v) is 12.3. The minimum atomic E-state index is -0.0945. The Labute approximate surface area is 124 Å². The Bertz CT molecular complexity index is 497. The van der Waals surface area contributed by atoms with E-state index in [0.717, 1.165) is 24.2 Å². The van der Waals surface area contributed by atoms with Gasteiger partial charge in [-0.3, -0.25) is 4.79 Å². The number of ether oxygens (including phenoxy) is 1. The summed E-state index contributed by atoms with van der Waals surface area (Å²) in [6.45, 7) is 0.465. The molecule has 1 amide bonds. The number of hydrogen-bond acceptors (Lipinski definition) is 2. The molecule has 1 aromatic carbocycles. The van der Waals surface area contributed by atoms with E-state index in [1.54, 1.807) is 0 Å². The lowest BCUT2D eigenvalue weighted by Crippen LogP contribution is -2.43. The standard InChI is InChI=1S/C16H20ClNO2/c17-13-6-7-15-11(9-13)8-12(10-20-15)16(19)18-14-4-2-1-3-5-14/h6-7,9,12,14H,1-5,8,10H2,(H,18,19). The summed E-state index contributed by atoms with van der Waals surface area (Å²) in [7, 11) is 0. The molecule has 0 bridgehead atoms. The summed E-state index contributed by atoms with van der Waals surface area (Å²) in [6, 6.07) is 5.96. The first-order valence-electron chi connectivity index (χ1n) is 7.44. The molecular formula is C16H20ClNO2. The van der Waals surface area contributed by atoms with Crippen LogP contribution in [0.1, 0.15) is 37.7 Å². The molecule has 1 aromatic rings. The van der Waals surface area contributed by atoms with Crippen LogP contribution in [0.25, 0.3) is 0 Å². The average molecular weight is 294 g/mol. The Morgan fingerprint density at radius 3 is 2.85 bits per heavy atom. The molecule has 3 rings (SSSR count). The molecule has 3 nitrogen and oxygen atoms in total. The number of amides is 1. The maximum absolute atomic E-state index is 12.3. The summed E-state index contributed by atoms with van der Waals surface area (Å²) in [4.78, 5) is 12.3. The van der Waals surface area contributed by atoms with E-state index >= 15 is 0 Å². The highest BCUT2D eigenvalue weighted by Gasteiger charge is 2.28. The third-order valence-corrected chi connectivity index (χ3v) is 4.49. The highest BCUT2D eigenvalue weighted by atomic mass is 35.5. The third kappa shape index (κ3) is 3.09. The van der Waals surface area contributed by atoms with Gasteiger partial charge in [0.2, 0.25) is 5.91 Å². The van der Waals surface area contributed by atoms with Gasteiger partial charge in [0.25, 0.3) is 0 Å². The van der Waals surface area contributed by atoms with Crippen molar-refractivity contribution in [2.24, 2.45) is 5.92 Å². The average Bonchev–Trinajstić information content (AvgIpc) is 2.47. The summed E-state index contributed by atoms with van der Waals surface area (Å²) >= 11 is 6.00. The molecule has 4 heteroatoms.